The van der Waals surface area contributed by atoms with E-state index in [4.69, 9.17) is 19.4 Å². The van der Waals surface area contributed by atoms with Crippen LogP contribution in [0, 0.1) is 58.2 Å². The van der Waals surface area contributed by atoms with Gasteiger partial charge >= 0.3 is 156 Å². The molecule has 0 saturated carbocycles. The summed E-state index contributed by atoms with van der Waals surface area (Å²) >= 11 is -0.553. The van der Waals surface area contributed by atoms with E-state index < -0.39 is 87.6 Å². The predicted octanol–water partition coefficient (Wildman–Crippen LogP) is 11.5. The van der Waals surface area contributed by atoms with E-state index in [2.05, 4.69) is 94.5 Å². The first-order valence-electron chi connectivity index (χ1n) is 15.8. The average Bonchev–Trinajstić information content (AvgIpc) is 3.09. The van der Waals surface area contributed by atoms with Gasteiger partial charge < -0.3 is 15.9 Å². The van der Waals surface area contributed by atoms with Crippen LogP contribution in [0.5, 0.6) is 11.5 Å². The zero-order chi connectivity index (χ0) is 41.2. The molecule has 53 heavy (non-hydrogen) atoms. The summed E-state index contributed by atoms with van der Waals surface area (Å²) in [6.45, 7) is 19.5. The Kier molecular flexibility index (Phi) is 17.8. The monoisotopic (exact) mass is 846 g/mol. The minimum absolute atomic E-state index is 0. The second-order valence-electron chi connectivity index (χ2n) is 13.7. The topological polar surface area (TPSA) is 78.8 Å². The largest absolute Gasteiger partial charge is 0.503 e. The van der Waals surface area contributed by atoms with E-state index in [9.17, 15) is 43.9 Å². The molecule has 0 spiro atoms. The smallest absolute Gasteiger partial charge is 0.206 e. The summed E-state index contributed by atoms with van der Waals surface area (Å²) in [7, 11) is 0. The molecular formula is C38H42F10MoN2O2. The van der Waals surface area contributed by atoms with Gasteiger partial charge in [-0.25, -0.2) is 26.3 Å². The van der Waals surface area contributed by atoms with Gasteiger partial charge in [-0.15, -0.1) is 0 Å². The number of nitrogens with two attached hydrogens (primary N) is 1. The fourth-order valence-corrected chi connectivity index (χ4v) is 5.84. The van der Waals surface area contributed by atoms with Crippen molar-refractivity contribution in [1.82, 2.24) is 0 Å². The van der Waals surface area contributed by atoms with Gasteiger partial charge in [0.05, 0.1) is 0 Å². The van der Waals surface area contributed by atoms with Crippen molar-refractivity contribution in [2.75, 3.05) is 0 Å². The van der Waals surface area contributed by atoms with Crippen molar-refractivity contribution >= 4 is 10.1 Å². The minimum Gasteiger partial charge on any atom is -0.503 e. The molecular weight excluding hydrogens is 802 g/mol. The van der Waals surface area contributed by atoms with Crippen molar-refractivity contribution in [3.63, 3.8) is 0 Å². The summed E-state index contributed by atoms with van der Waals surface area (Å²) in [6, 6.07) is 17.4. The minimum atomic E-state index is -2.29. The van der Waals surface area contributed by atoms with Gasteiger partial charge in [0.1, 0.15) is 0 Å². The number of aromatic hydroxyl groups is 2. The van der Waals surface area contributed by atoms with Crippen LogP contribution in [-0.4, -0.2) is 20.2 Å². The van der Waals surface area contributed by atoms with Crippen LogP contribution in [0.3, 0.4) is 0 Å². The third-order valence-corrected chi connectivity index (χ3v) is 9.14. The van der Waals surface area contributed by atoms with Gasteiger partial charge in [-0.1, -0.05) is 0 Å². The van der Waals surface area contributed by atoms with E-state index in [0.29, 0.717) is 11.8 Å². The van der Waals surface area contributed by atoms with Gasteiger partial charge in [0.15, 0.2) is 11.5 Å². The molecule has 4 rings (SSSR count). The number of hydrogen-bond donors (Lipinski definition) is 3. The molecule has 4 aromatic carbocycles. The fraction of sp³-hybridized carbons (Fsp3) is 0.342. The summed E-state index contributed by atoms with van der Waals surface area (Å²) in [5.74, 6) is -24.9. The molecule has 15 heteroatoms. The first kappa shape index (κ1) is 47.1. The Balaban J connectivity index is 0.000000406. The number of phenols is 2. The van der Waals surface area contributed by atoms with E-state index in [1.54, 1.807) is 0 Å². The Labute approximate surface area is 310 Å². The quantitative estimate of drug-likeness (QED) is 0.0810. The number of halogens is 10. The third kappa shape index (κ3) is 13.5. The SMILES string of the molecule is CC(C)(C)N.CC(C)c1cccc(C(C)C)c1[N]=[Mo]=[CH]C(C)(C)c1ccccc1.Oc1c(F)c(F)c(F)c(F)c1F.Oc1c(F)c(F)c(F)c(F)c1F. The molecule has 0 aliphatic rings. The average molecular weight is 845 g/mol. The van der Waals surface area contributed by atoms with E-state index in [0.717, 1.165) is 0 Å². The number of rotatable bonds is 5. The van der Waals surface area contributed by atoms with Crippen LogP contribution >= 0.6 is 0 Å². The van der Waals surface area contributed by atoms with Crippen LogP contribution in [0.1, 0.15) is 90.8 Å². The Morgan fingerprint density at radius 2 is 0.849 bits per heavy atom. The van der Waals surface area contributed by atoms with E-state index in [1.165, 1.54) is 22.4 Å². The molecule has 0 unspecified atom stereocenters. The molecule has 4 nitrogen and oxygen atoms in total. The molecule has 0 saturated heterocycles. The zero-order valence-electron chi connectivity index (χ0n) is 30.5. The van der Waals surface area contributed by atoms with Crippen LogP contribution in [0.4, 0.5) is 49.6 Å². The first-order valence-corrected chi connectivity index (χ1v) is 17.9. The molecule has 4 aromatic rings. The summed E-state index contributed by atoms with van der Waals surface area (Å²) < 4.78 is 129. The second kappa shape index (κ2) is 20.0. The van der Waals surface area contributed by atoms with Gasteiger partial charge in [0.25, 0.3) is 0 Å². The summed E-state index contributed by atoms with van der Waals surface area (Å²) in [5, 5.41) is 16.6. The van der Waals surface area contributed by atoms with Crippen molar-refractivity contribution in [3.05, 3.63) is 123 Å². The van der Waals surface area contributed by atoms with Crippen LogP contribution in [-0.2, 0) is 23.3 Å². The van der Waals surface area contributed by atoms with Crippen LogP contribution in [0.2, 0.25) is 0 Å². The maximum absolute atomic E-state index is 12.2. The molecule has 0 fully saturated rings. The van der Waals surface area contributed by atoms with Crippen molar-refractivity contribution < 1.29 is 72.0 Å². The summed E-state index contributed by atoms with van der Waals surface area (Å²) in [5.41, 5.74) is 10.8. The maximum Gasteiger partial charge on any atom is 0.206 e. The number of benzene rings is 4. The van der Waals surface area contributed by atoms with Gasteiger partial charge in [-0.05, 0) is 20.8 Å². The molecule has 0 atom stereocenters. The molecule has 0 aliphatic carbocycles. The zero-order valence-corrected chi connectivity index (χ0v) is 32.5. The Morgan fingerprint density at radius 3 is 1.15 bits per heavy atom. The molecule has 0 heterocycles. The number of phenolic OH excluding ortho intramolecular Hbond substituents is 2. The van der Waals surface area contributed by atoms with Gasteiger partial charge in [0.2, 0.25) is 58.2 Å². The first-order chi connectivity index (χ1) is 24.3. The van der Waals surface area contributed by atoms with Gasteiger partial charge in [0, 0.05) is 5.54 Å². The summed E-state index contributed by atoms with van der Waals surface area (Å²) in [6.07, 6.45) is 0. The normalized spacial score (nSPS) is 11.1. The van der Waals surface area contributed by atoms with Gasteiger partial charge in [-0.3, -0.25) is 0 Å². The standard InChI is InChI=1S/C12H17N.C10H12.2C6HF5O.C4H11N.Mo/c1-8(2)10-6-5-7-11(9(3)4)12(10)13;1-10(2,3)9-7-5-4-6-8-9;2*7-1-2(8)4(10)6(12)5(11)3(1)9;1-4(2,3)5;/h5-9H,1-4H3;1,4-8H,2-3H3;2*12H;5H2,1-3H3;. The van der Waals surface area contributed by atoms with Gasteiger partial charge in [-0.2, -0.15) is 17.6 Å². The Hall–Kier alpha value is -3.90. The Bertz CT molecular complexity index is 1610. The van der Waals surface area contributed by atoms with E-state index in [1.807, 2.05) is 20.8 Å². The fourth-order valence-electron chi connectivity index (χ4n) is 3.95. The molecule has 0 aromatic heterocycles. The third-order valence-electron chi connectivity index (χ3n) is 6.72. The van der Waals surface area contributed by atoms with E-state index in [-0.39, 0.29) is 11.0 Å². The summed E-state index contributed by atoms with van der Waals surface area (Å²) in [4.78, 5) is 0. The predicted molar refractivity (Wildman–Crippen MR) is 182 cm³/mol. The molecule has 292 valence electrons. The molecule has 0 bridgehead atoms. The molecule has 0 radical (unpaired) electrons. The van der Waals surface area contributed by atoms with Crippen molar-refractivity contribution in [2.24, 2.45) is 9.23 Å². The van der Waals surface area contributed by atoms with Crippen LogP contribution in [0.15, 0.2) is 52.0 Å². The molecule has 4 N–H and O–H groups in total. The van der Waals surface area contributed by atoms with Crippen molar-refractivity contribution in [3.8, 4) is 11.5 Å². The molecule has 0 aliphatic heterocycles. The second-order valence-corrected chi connectivity index (χ2v) is 15.2. The van der Waals surface area contributed by atoms with Crippen LogP contribution < -0.4 is 5.73 Å². The van der Waals surface area contributed by atoms with E-state index >= 15 is 0 Å². The number of hydrogen-bond acceptors (Lipinski definition) is 4. The number of nitrogens with zero attached hydrogens (tertiary/aromatic N) is 1. The van der Waals surface area contributed by atoms with Crippen molar-refractivity contribution in [2.45, 2.75) is 85.1 Å². The maximum atomic E-state index is 12.2. The Morgan fingerprint density at radius 1 is 0.547 bits per heavy atom. The van der Waals surface area contributed by atoms with Crippen molar-refractivity contribution in [1.29, 1.82) is 0 Å². The molecule has 0 amide bonds. The van der Waals surface area contributed by atoms with Crippen LogP contribution in [0.25, 0.3) is 0 Å².